The van der Waals surface area contributed by atoms with Crippen molar-refractivity contribution in [2.24, 2.45) is 11.8 Å². The summed E-state index contributed by atoms with van der Waals surface area (Å²) in [6.07, 6.45) is 3.86. The first-order valence-electron chi connectivity index (χ1n) is 12.2. The molecule has 10 nitrogen and oxygen atoms in total. The third kappa shape index (κ3) is 6.44. The number of hydrogen-bond donors (Lipinski definition) is 1. The van der Waals surface area contributed by atoms with Crippen molar-refractivity contribution in [2.45, 2.75) is 53.0 Å². The summed E-state index contributed by atoms with van der Waals surface area (Å²) in [5.41, 5.74) is -0.123. The van der Waals surface area contributed by atoms with Crippen LogP contribution in [0.1, 0.15) is 67.7 Å². The van der Waals surface area contributed by atoms with E-state index in [2.05, 4.69) is 31.1 Å². The second kappa shape index (κ2) is 11.7. The monoisotopic (exact) mass is 495 g/mol. The van der Waals surface area contributed by atoms with Crippen LogP contribution in [0.4, 0.5) is 16.3 Å². The van der Waals surface area contributed by atoms with Gasteiger partial charge >= 0.3 is 6.03 Å². The number of carbonyl (C=O) groups is 3. The summed E-state index contributed by atoms with van der Waals surface area (Å²) in [7, 11) is 0. The van der Waals surface area contributed by atoms with Gasteiger partial charge in [0.15, 0.2) is 0 Å². The number of nitrogens with zero attached hydrogens (tertiary/aromatic N) is 4. The maximum Gasteiger partial charge on any atom is 0.332 e. The SMILES string of the molecule is CC(C)CC(C)CC(C)NC(=O)c1ccc(N2CCCN(C(=O)c3ccccc3[N+](=O)[O-])C2=O)nc1. The van der Waals surface area contributed by atoms with E-state index in [1.54, 1.807) is 12.1 Å². The van der Waals surface area contributed by atoms with Crippen LogP contribution in [0.3, 0.4) is 0 Å². The molecule has 2 unspecified atom stereocenters. The van der Waals surface area contributed by atoms with E-state index in [9.17, 15) is 24.5 Å². The van der Waals surface area contributed by atoms with Crippen molar-refractivity contribution in [3.05, 3.63) is 63.8 Å². The van der Waals surface area contributed by atoms with Crippen molar-refractivity contribution in [2.75, 3.05) is 18.0 Å². The maximum absolute atomic E-state index is 13.1. The quantitative estimate of drug-likeness (QED) is 0.399. The number of nitro groups is 1. The molecule has 2 atom stereocenters. The lowest BCUT2D eigenvalue weighted by molar-refractivity contribution is -0.385. The fourth-order valence-electron chi connectivity index (χ4n) is 4.63. The third-order valence-electron chi connectivity index (χ3n) is 6.10. The van der Waals surface area contributed by atoms with Crippen LogP contribution in [0.2, 0.25) is 0 Å². The van der Waals surface area contributed by atoms with Gasteiger partial charge in [-0.15, -0.1) is 0 Å². The molecule has 0 radical (unpaired) electrons. The lowest BCUT2D eigenvalue weighted by Crippen LogP contribution is -2.52. The summed E-state index contributed by atoms with van der Waals surface area (Å²) >= 11 is 0. The highest BCUT2D eigenvalue weighted by atomic mass is 16.6. The Labute approximate surface area is 210 Å². The predicted octanol–water partition coefficient (Wildman–Crippen LogP) is 4.65. The number of nitrogens with one attached hydrogen (secondary N) is 1. The summed E-state index contributed by atoms with van der Waals surface area (Å²) in [5, 5.41) is 14.3. The van der Waals surface area contributed by atoms with Crippen molar-refractivity contribution in [1.29, 1.82) is 0 Å². The molecule has 10 heteroatoms. The number of nitro benzene ring substituents is 1. The van der Waals surface area contributed by atoms with Crippen molar-refractivity contribution in [1.82, 2.24) is 15.2 Å². The van der Waals surface area contributed by atoms with E-state index >= 15 is 0 Å². The number of carbonyl (C=O) groups excluding carboxylic acids is 3. The zero-order valence-electron chi connectivity index (χ0n) is 21.1. The number of rotatable bonds is 9. The molecule has 36 heavy (non-hydrogen) atoms. The van der Waals surface area contributed by atoms with Gasteiger partial charge in [-0.2, -0.15) is 0 Å². The molecule has 1 N–H and O–H groups in total. The first kappa shape index (κ1) is 26.8. The number of benzene rings is 1. The number of imide groups is 1. The normalized spacial score (nSPS) is 15.5. The molecule has 2 heterocycles. The molecule has 0 spiro atoms. The molecule has 0 saturated carbocycles. The van der Waals surface area contributed by atoms with E-state index in [1.165, 1.54) is 35.4 Å². The summed E-state index contributed by atoms with van der Waals surface area (Å²) < 4.78 is 0. The standard InChI is InChI=1S/C26H33N5O5/c1-17(2)14-18(3)15-19(4)28-24(32)20-10-11-23(27-16-20)29-12-7-13-30(26(29)34)25(33)21-8-5-6-9-22(21)31(35)36/h5-6,8-11,16-19H,7,12-15H2,1-4H3,(H,28,32). The molecule has 2 aromatic rings. The van der Waals surface area contributed by atoms with Gasteiger partial charge in [-0.1, -0.05) is 32.9 Å². The van der Waals surface area contributed by atoms with Crippen LogP contribution in [0.25, 0.3) is 0 Å². The molecule has 0 bridgehead atoms. The number of urea groups is 1. The lowest BCUT2D eigenvalue weighted by atomic mass is 9.93. The van der Waals surface area contributed by atoms with Crippen molar-refractivity contribution in [3.8, 4) is 0 Å². The van der Waals surface area contributed by atoms with Gasteiger partial charge in [0.1, 0.15) is 11.4 Å². The van der Waals surface area contributed by atoms with E-state index in [0.29, 0.717) is 36.2 Å². The third-order valence-corrected chi connectivity index (χ3v) is 6.10. The second-order valence-electron chi connectivity index (χ2n) is 9.77. The molecule has 1 aliphatic heterocycles. The fourth-order valence-corrected chi connectivity index (χ4v) is 4.63. The van der Waals surface area contributed by atoms with Gasteiger partial charge in [-0.3, -0.25) is 29.5 Å². The zero-order valence-corrected chi connectivity index (χ0v) is 21.1. The molecule has 3 rings (SSSR count). The Morgan fingerprint density at radius 1 is 1.08 bits per heavy atom. The van der Waals surface area contributed by atoms with E-state index in [4.69, 9.17) is 0 Å². The highest BCUT2D eigenvalue weighted by Crippen LogP contribution is 2.24. The summed E-state index contributed by atoms with van der Waals surface area (Å²) in [5.74, 6) is 0.431. The number of anilines is 1. The molecular formula is C26H33N5O5. The average molecular weight is 496 g/mol. The summed E-state index contributed by atoms with van der Waals surface area (Å²) in [6, 6.07) is 8.12. The van der Waals surface area contributed by atoms with Gasteiger partial charge in [0.05, 0.1) is 10.5 Å². The largest absolute Gasteiger partial charge is 0.350 e. The fraction of sp³-hybridized carbons (Fsp3) is 0.462. The van der Waals surface area contributed by atoms with Gasteiger partial charge in [0, 0.05) is 31.4 Å². The molecule has 1 aromatic carbocycles. The predicted molar refractivity (Wildman–Crippen MR) is 136 cm³/mol. The van der Waals surface area contributed by atoms with Gasteiger partial charge < -0.3 is 5.32 Å². The van der Waals surface area contributed by atoms with Gasteiger partial charge in [-0.25, -0.2) is 9.78 Å². The van der Waals surface area contributed by atoms with Crippen molar-refractivity contribution < 1.29 is 19.3 Å². The van der Waals surface area contributed by atoms with Gasteiger partial charge in [-0.05, 0) is 56.2 Å². The minimum absolute atomic E-state index is 0.0104. The Kier molecular flexibility index (Phi) is 8.73. The Morgan fingerprint density at radius 3 is 2.44 bits per heavy atom. The first-order chi connectivity index (χ1) is 17.1. The van der Waals surface area contributed by atoms with Crippen LogP contribution in [0.15, 0.2) is 42.6 Å². The number of hydrogen-bond acceptors (Lipinski definition) is 6. The second-order valence-corrected chi connectivity index (χ2v) is 9.77. The molecule has 1 fully saturated rings. The van der Waals surface area contributed by atoms with Crippen LogP contribution in [-0.4, -0.2) is 51.8 Å². The maximum atomic E-state index is 13.1. The zero-order chi connectivity index (χ0) is 26.4. The Hall–Kier alpha value is -3.82. The Balaban J connectivity index is 1.68. The molecular weight excluding hydrogens is 462 g/mol. The smallest absolute Gasteiger partial charge is 0.332 e. The first-order valence-corrected chi connectivity index (χ1v) is 12.2. The topological polar surface area (TPSA) is 126 Å². The average Bonchev–Trinajstić information content (AvgIpc) is 2.83. The van der Waals surface area contributed by atoms with Crippen molar-refractivity contribution in [3.63, 3.8) is 0 Å². The van der Waals surface area contributed by atoms with Gasteiger partial charge in [0.25, 0.3) is 17.5 Å². The van der Waals surface area contributed by atoms with E-state index in [-0.39, 0.29) is 29.7 Å². The number of aromatic nitrogens is 1. The Bertz CT molecular complexity index is 1120. The molecule has 1 aliphatic rings. The highest BCUT2D eigenvalue weighted by Gasteiger charge is 2.35. The van der Waals surface area contributed by atoms with Crippen LogP contribution >= 0.6 is 0 Å². The molecule has 4 amide bonds. The summed E-state index contributed by atoms with van der Waals surface area (Å²) in [6.45, 7) is 9.00. The van der Waals surface area contributed by atoms with Crippen LogP contribution in [0.5, 0.6) is 0 Å². The van der Waals surface area contributed by atoms with E-state index < -0.39 is 16.9 Å². The van der Waals surface area contributed by atoms with Gasteiger partial charge in [0.2, 0.25) is 0 Å². The van der Waals surface area contributed by atoms with E-state index in [1.807, 2.05) is 6.92 Å². The number of amides is 4. The molecule has 192 valence electrons. The highest BCUT2D eigenvalue weighted by molar-refractivity contribution is 6.10. The van der Waals surface area contributed by atoms with E-state index in [0.717, 1.165) is 17.7 Å². The van der Waals surface area contributed by atoms with Crippen molar-refractivity contribution >= 4 is 29.4 Å². The summed E-state index contributed by atoms with van der Waals surface area (Å²) in [4.78, 5) is 56.1. The lowest BCUT2D eigenvalue weighted by Gasteiger charge is -2.33. The van der Waals surface area contributed by atoms with Crippen LogP contribution in [-0.2, 0) is 0 Å². The van der Waals surface area contributed by atoms with Crippen LogP contribution in [0, 0.1) is 22.0 Å². The number of para-hydroxylation sites is 1. The molecule has 1 aromatic heterocycles. The minimum atomic E-state index is -0.728. The molecule has 1 saturated heterocycles. The molecule has 0 aliphatic carbocycles. The number of pyridine rings is 1. The minimum Gasteiger partial charge on any atom is -0.350 e. The van der Waals surface area contributed by atoms with Crippen LogP contribution < -0.4 is 10.2 Å². The Morgan fingerprint density at radius 2 is 1.81 bits per heavy atom.